The van der Waals surface area contributed by atoms with Gasteiger partial charge >= 0.3 is 5.97 Å². The molecule has 2 aliphatic heterocycles. The van der Waals surface area contributed by atoms with Crippen molar-refractivity contribution in [1.82, 2.24) is 20.0 Å². The summed E-state index contributed by atoms with van der Waals surface area (Å²) >= 11 is 0. The lowest BCUT2D eigenvalue weighted by Crippen LogP contribution is -2.42. The van der Waals surface area contributed by atoms with Gasteiger partial charge in [-0.15, -0.1) is 0 Å². The third kappa shape index (κ3) is 9.97. The second kappa shape index (κ2) is 17.2. The van der Waals surface area contributed by atoms with Gasteiger partial charge in [0, 0.05) is 57.8 Å². The van der Waals surface area contributed by atoms with Crippen LogP contribution < -0.4 is 5.32 Å². The lowest BCUT2D eigenvalue weighted by Gasteiger charge is -2.32. The minimum absolute atomic E-state index is 0.00542. The lowest BCUT2D eigenvalue weighted by atomic mass is 9.95. The number of ether oxygens (including phenoxy) is 1. The van der Waals surface area contributed by atoms with E-state index in [1.54, 1.807) is 4.90 Å². The van der Waals surface area contributed by atoms with E-state index in [9.17, 15) is 14.4 Å². The van der Waals surface area contributed by atoms with Crippen molar-refractivity contribution in [2.75, 3.05) is 59.5 Å². The molecule has 0 aliphatic carbocycles. The van der Waals surface area contributed by atoms with Crippen LogP contribution in [0.25, 0.3) is 11.1 Å². The number of hydrogen-bond acceptors (Lipinski definition) is 7. The van der Waals surface area contributed by atoms with Crippen LogP contribution in [0.1, 0.15) is 47.2 Å². The summed E-state index contributed by atoms with van der Waals surface area (Å²) < 4.78 is 5.88. The zero-order valence-corrected chi connectivity index (χ0v) is 27.5. The van der Waals surface area contributed by atoms with Crippen LogP contribution in [0.3, 0.4) is 0 Å². The minimum Gasteiger partial charge on any atom is -0.462 e. The average molecular weight is 641 g/mol. The Balaban J connectivity index is 0.996. The fourth-order valence-corrected chi connectivity index (χ4v) is 6.51. The van der Waals surface area contributed by atoms with Gasteiger partial charge in [0.2, 0.25) is 5.91 Å². The molecule has 0 unspecified atom stereocenters. The topological polar surface area (TPSA) is 102 Å². The van der Waals surface area contributed by atoms with E-state index in [2.05, 4.69) is 27.2 Å². The summed E-state index contributed by atoms with van der Waals surface area (Å²) in [7, 11) is 1.85. The monoisotopic (exact) mass is 640 g/mol. The molecule has 2 amide bonds. The molecule has 9 heteroatoms. The van der Waals surface area contributed by atoms with E-state index in [0.717, 1.165) is 87.2 Å². The van der Waals surface area contributed by atoms with Gasteiger partial charge in [0.05, 0.1) is 13.0 Å². The maximum absolute atomic E-state index is 13.1. The summed E-state index contributed by atoms with van der Waals surface area (Å²) in [5.41, 5.74) is 4.95. The largest absolute Gasteiger partial charge is 0.462 e. The van der Waals surface area contributed by atoms with Crippen molar-refractivity contribution in [1.29, 1.82) is 0 Å². The van der Waals surface area contributed by atoms with Crippen molar-refractivity contribution in [3.63, 3.8) is 0 Å². The number of benzene rings is 3. The van der Waals surface area contributed by atoms with Crippen molar-refractivity contribution < 1.29 is 24.2 Å². The fraction of sp³-hybridized carbons (Fsp3) is 0.447. The molecule has 0 saturated carbocycles. The highest BCUT2D eigenvalue weighted by Gasteiger charge is 2.26. The van der Waals surface area contributed by atoms with E-state index in [-0.39, 0.29) is 42.8 Å². The minimum atomic E-state index is -0.188. The van der Waals surface area contributed by atoms with E-state index in [0.29, 0.717) is 18.7 Å². The Morgan fingerprint density at radius 2 is 1.51 bits per heavy atom. The summed E-state index contributed by atoms with van der Waals surface area (Å²) in [6, 6.07) is 26.0. The molecule has 250 valence electrons. The number of carbonyl (C=O) groups excluding carboxylic acids is 3. The van der Waals surface area contributed by atoms with Gasteiger partial charge in [-0.2, -0.15) is 0 Å². The summed E-state index contributed by atoms with van der Waals surface area (Å²) in [5.74, 6) is -0.137. The first-order valence-corrected chi connectivity index (χ1v) is 16.9. The normalized spacial score (nSPS) is 16.5. The zero-order chi connectivity index (χ0) is 33.0. The number of piperidine rings is 2. The van der Waals surface area contributed by atoms with Crippen LogP contribution in [0, 0.1) is 5.92 Å². The summed E-state index contributed by atoms with van der Waals surface area (Å²) in [4.78, 5) is 44.6. The number of nitrogens with one attached hydrogen (secondary N) is 1. The second-order valence-corrected chi connectivity index (χ2v) is 12.7. The number of esters is 1. The Kier molecular flexibility index (Phi) is 12.5. The van der Waals surface area contributed by atoms with Gasteiger partial charge in [0.15, 0.2) is 0 Å². The quantitative estimate of drug-likeness (QED) is 0.273. The van der Waals surface area contributed by atoms with Gasteiger partial charge in [-0.3, -0.25) is 19.3 Å². The summed E-state index contributed by atoms with van der Waals surface area (Å²) in [6.07, 6.45) is 3.38. The van der Waals surface area contributed by atoms with Crippen LogP contribution in [0.5, 0.6) is 0 Å². The summed E-state index contributed by atoms with van der Waals surface area (Å²) in [6.45, 7) is 5.84. The second-order valence-electron chi connectivity index (χ2n) is 12.7. The molecule has 2 aliphatic rings. The van der Waals surface area contributed by atoms with Crippen molar-refractivity contribution in [2.45, 2.75) is 44.8 Å². The number of carbonyl (C=O) groups is 3. The first-order chi connectivity index (χ1) is 22.9. The maximum atomic E-state index is 13.1. The molecule has 2 fully saturated rings. The molecule has 2 N–H and O–H groups in total. The molecule has 0 atom stereocenters. The van der Waals surface area contributed by atoms with Gasteiger partial charge in [-0.25, -0.2) is 0 Å². The number of rotatable bonds is 13. The van der Waals surface area contributed by atoms with Gasteiger partial charge in [0.1, 0.15) is 6.10 Å². The van der Waals surface area contributed by atoms with Crippen molar-refractivity contribution in [3.05, 3.63) is 95.6 Å². The van der Waals surface area contributed by atoms with Gasteiger partial charge < -0.3 is 25.0 Å². The highest BCUT2D eigenvalue weighted by atomic mass is 16.5. The Bertz CT molecular complexity index is 1450. The number of likely N-dealkylation sites (N-methyl/N-ethyl adjacent to an activating group) is 1. The van der Waals surface area contributed by atoms with Crippen LogP contribution >= 0.6 is 0 Å². The average Bonchev–Trinajstić information content (AvgIpc) is 3.11. The van der Waals surface area contributed by atoms with Crippen molar-refractivity contribution in [2.24, 2.45) is 5.92 Å². The molecular weight excluding hydrogens is 592 g/mol. The molecular formula is C38H48N4O5. The number of aliphatic hydroxyl groups is 1. The number of hydrogen-bond donors (Lipinski definition) is 2. The van der Waals surface area contributed by atoms with Crippen molar-refractivity contribution >= 4 is 17.8 Å². The van der Waals surface area contributed by atoms with E-state index >= 15 is 0 Å². The van der Waals surface area contributed by atoms with E-state index < -0.39 is 0 Å². The molecule has 2 heterocycles. The number of likely N-dealkylation sites (tertiary alicyclic amines) is 2. The molecule has 3 aromatic rings. The van der Waals surface area contributed by atoms with Crippen LogP contribution in [-0.2, 0) is 27.3 Å². The Labute approximate surface area is 278 Å². The van der Waals surface area contributed by atoms with E-state index in [1.165, 1.54) is 0 Å². The molecule has 3 aromatic carbocycles. The Hall–Kier alpha value is -4.05. The van der Waals surface area contributed by atoms with Gasteiger partial charge in [-0.05, 0) is 73.2 Å². The molecule has 0 aromatic heterocycles. The van der Waals surface area contributed by atoms with Crippen molar-refractivity contribution in [3.8, 4) is 11.1 Å². The highest BCUT2D eigenvalue weighted by Crippen LogP contribution is 2.25. The van der Waals surface area contributed by atoms with E-state index in [4.69, 9.17) is 9.84 Å². The molecule has 2 saturated heterocycles. The molecule has 0 bridgehead atoms. The first kappa shape index (κ1) is 34.3. The molecule has 47 heavy (non-hydrogen) atoms. The number of amides is 2. The van der Waals surface area contributed by atoms with Crippen LogP contribution in [-0.4, -0.2) is 103 Å². The number of nitrogens with zero attached hydrogens (tertiary/aromatic N) is 3. The summed E-state index contributed by atoms with van der Waals surface area (Å²) in [5, 5.41) is 11.7. The fourth-order valence-electron chi connectivity index (χ4n) is 6.51. The smallest absolute Gasteiger partial charge is 0.310 e. The van der Waals surface area contributed by atoms with Gasteiger partial charge in [-0.1, -0.05) is 66.7 Å². The van der Waals surface area contributed by atoms with E-state index in [1.807, 2.05) is 73.8 Å². The third-order valence-corrected chi connectivity index (χ3v) is 9.34. The van der Waals surface area contributed by atoms with Crippen LogP contribution in [0.2, 0.25) is 0 Å². The zero-order valence-electron chi connectivity index (χ0n) is 27.5. The standard InChI is InChI=1S/C38H48N4O5/c1-40(38(46)32-13-11-29(12-14-32)28-42-20-15-31(16-21-42)37(45)39-19-26-43)24-25-41-22-17-34(18-23-41)47-36(44)27-33-9-5-6-10-35(33)30-7-3-2-4-8-30/h2-14,31,34,43H,15-28H2,1H3,(H,39,45). The predicted octanol–water partition coefficient (Wildman–Crippen LogP) is 4.00. The Morgan fingerprint density at radius 1 is 0.851 bits per heavy atom. The molecule has 0 spiro atoms. The van der Waals surface area contributed by atoms with Crippen LogP contribution in [0.15, 0.2) is 78.9 Å². The highest BCUT2D eigenvalue weighted by molar-refractivity contribution is 5.94. The maximum Gasteiger partial charge on any atom is 0.310 e. The first-order valence-electron chi connectivity index (χ1n) is 16.9. The molecule has 5 rings (SSSR count). The Morgan fingerprint density at radius 3 is 2.21 bits per heavy atom. The number of aliphatic hydroxyl groups excluding tert-OH is 1. The molecule has 9 nitrogen and oxygen atoms in total. The molecule has 0 radical (unpaired) electrons. The lowest BCUT2D eigenvalue weighted by molar-refractivity contribution is -0.150. The SMILES string of the molecule is CN(CCN1CCC(OC(=O)Cc2ccccc2-c2ccccc2)CC1)C(=O)c1ccc(CN2CCC(C(=O)NCCO)CC2)cc1. The predicted molar refractivity (Wildman–Crippen MR) is 183 cm³/mol. The van der Waals surface area contributed by atoms with Gasteiger partial charge in [0.25, 0.3) is 5.91 Å². The van der Waals surface area contributed by atoms with Crippen LogP contribution in [0.4, 0.5) is 0 Å². The third-order valence-electron chi connectivity index (χ3n) is 9.34.